The summed E-state index contributed by atoms with van der Waals surface area (Å²) >= 11 is 0. The predicted octanol–water partition coefficient (Wildman–Crippen LogP) is 4.34. The number of fused-ring (bicyclic) bond motifs is 1. The van der Waals surface area contributed by atoms with Gasteiger partial charge in [-0.1, -0.05) is 66.2 Å². The number of aromatic nitrogens is 1. The van der Waals surface area contributed by atoms with Crippen LogP contribution in [-0.2, 0) is 24.0 Å². The number of Topliss-reactive ketones (excluding diaryl/α,β-unsaturated/α-hetero) is 2. The van der Waals surface area contributed by atoms with E-state index in [9.17, 15) is 33.6 Å². The van der Waals surface area contributed by atoms with E-state index in [2.05, 4.69) is 26.3 Å². The SMILES string of the molecule is CCC[C@@H](NC(=O)[C@@H]1C[C@@H]2CCCC[C@@H]2N1C(=O)[C@@H](NC(=O)C(NC(=O)c1[nH]c(C)c(C)c1C(C)=O)C1CCCCC1)C(C)(C)C)C(=O)C(=O)NC1CC1. The molecule has 2 heterocycles. The monoisotopic (exact) mass is 750 g/mol. The van der Waals surface area contributed by atoms with Gasteiger partial charge in [-0.3, -0.25) is 33.6 Å². The van der Waals surface area contributed by atoms with Crippen LogP contribution in [0.1, 0.15) is 157 Å². The summed E-state index contributed by atoms with van der Waals surface area (Å²) in [4.78, 5) is 101. The Morgan fingerprint density at radius 3 is 2.11 bits per heavy atom. The van der Waals surface area contributed by atoms with Crippen LogP contribution in [0.4, 0.5) is 0 Å². The zero-order valence-electron chi connectivity index (χ0n) is 33.3. The van der Waals surface area contributed by atoms with E-state index < -0.39 is 59.0 Å². The fraction of sp³-hybridized carbons (Fsp3) is 0.732. The molecule has 4 fully saturated rings. The molecule has 0 bridgehead atoms. The maximum Gasteiger partial charge on any atom is 0.289 e. The zero-order chi connectivity index (χ0) is 39.5. The van der Waals surface area contributed by atoms with Gasteiger partial charge < -0.3 is 31.2 Å². The lowest BCUT2D eigenvalue weighted by atomic mass is 9.81. The highest BCUT2D eigenvalue weighted by atomic mass is 16.2. The lowest BCUT2D eigenvalue weighted by Gasteiger charge is -2.40. The first kappa shape index (κ1) is 41.1. The molecule has 1 aliphatic heterocycles. The molecule has 0 aromatic carbocycles. The summed E-state index contributed by atoms with van der Waals surface area (Å²) in [5.74, 6) is -3.59. The van der Waals surface area contributed by atoms with Crippen LogP contribution in [0.25, 0.3) is 0 Å². The second-order valence-electron chi connectivity index (χ2n) is 17.4. The standard InChI is InChI=1S/C41H62N6O7/c1-8-14-28(34(49)39(53)43-27-19-20-27)44-36(50)30-21-26-17-12-13-18-29(26)47(30)40(54)35(41(5,6)7)46-37(51)32(25-15-10-9-11-16-25)45-38(52)33-31(24(4)48)22(2)23(3)42-33/h25-30,32,35,42H,8-21H2,1-7H3,(H,43,53)(H,44,50)(H,45,52)(H,46,51)/t26-,28+,29-,30-,32?,35+/m0/s1. The average molecular weight is 751 g/mol. The average Bonchev–Trinajstić information content (AvgIpc) is 3.77. The Morgan fingerprint density at radius 2 is 1.50 bits per heavy atom. The van der Waals surface area contributed by atoms with Gasteiger partial charge in [0.05, 0.1) is 11.6 Å². The predicted molar refractivity (Wildman–Crippen MR) is 203 cm³/mol. The molecule has 0 radical (unpaired) electrons. The number of ketones is 2. The molecule has 6 atom stereocenters. The van der Waals surface area contributed by atoms with Gasteiger partial charge in [-0.2, -0.15) is 0 Å². The van der Waals surface area contributed by atoms with Crippen molar-refractivity contribution >= 4 is 41.1 Å². The number of H-pyrrole nitrogens is 1. The van der Waals surface area contributed by atoms with E-state index in [1.165, 1.54) is 6.92 Å². The Kier molecular flexibility index (Phi) is 13.1. The van der Waals surface area contributed by atoms with Crippen LogP contribution in [0.2, 0.25) is 0 Å². The van der Waals surface area contributed by atoms with Crippen molar-refractivity contribution in [1.82, 2.24) is 31.2 Å². The molecule has 5 N–H and O–H groups in total. The fourth-order valence-corrected chi connectivity index (χ4v) is 8.92. The number of nitrogens with one attached hydrogen (secondary N) is 5. The number of rotatable bonds is 14. The van der Waals surface area contributed by atoms with Crippen LogP contribution in [0.15, 0.2) is 0 Å². The van der Waals surface area contributed by atoms with Crippen molar-refractivity contribution in [2.45, 2.75) is 175 Å². The molecule has 1 unspecified atom stereocenters. The summed E-state index contributed by atoms with van der Waals surface area (Å²) in [6.07, 6.45) is 10.7. The van der Waals surface area contributed by atoms with Gasteiger partial charge in [0.25, 0.3) is 11.8 Å². The molecule has 3 aliphatic carbocycles. The summed E-state index contributed by atoms with van der Waals surface area (Å²) in [6.45, 7) is 12.5. The lowest BCUT2D eigenvalue weighted by molar-refractivity contribution is -0.147. The highest BCUT2D eigenvalue weighted by Gasteiger charge is 2.51. The van der Waals surface area contributed by atoms with Gasteiger partial charge >= 0.3 is 0 Å². The number of amides is 5. The van der Waals surface area contributed by atoms with E-state index in [4.69, 9.17) is 0 Å². The molecular formula is C41H62N6O7. The molecule has 3 saturated carbocycles. The number of hydrogen-bond acceptors (Lipinski definition) is 7. The van der Waals surface area contributed by atoms with Gasteiger partial charge in [-0.15, -0.1) is 0 Å². The van der Waals surface area contributed by atoms with Crippen molar-refractivity contribution in [3.05, 3.63) is 22.5 Å². The third-order valence-corrected chi connectivity index (χ3v) is 12.2. The Bertz CT molecular complexity index is 1620. The van der Waals surface area contributed by atoms with Gasteiger partial charge in [0.2, 0.25) is 23.5 Å². The second-order valence-corrected chi connectivity index (χ2v) is 17.4. The van der Waals surface area contributed by atoms with E-state index >= 15 is 0 Å². The first-order chi connectivity index (χ1) is 25.5. The molecule has 1 aromatic rings. The van der Waals surface area contributed by atoms with E-state index in [0.717, 1.165) is 70.6 Å². The Morgan fingerprint density at radius 1 is 0.852 bits per heavy atom. The van der Waals surface area contributed by atoms with Gasteiger partial charge in [-0.25, -0.2) is 0 Å². The summed E-state index contributed by atoms with van der Waals surface area (Å²) in [6, 6.07) is -4.08. The number of hydrogen-bond donors (Lipinski definition) is 5. The molecule has 54 heavy (non-hydrogen) atoms. The van der Waals surface area contributed by atoms with Crippen LogP contribution in [0, 0.1) is 31.1 Å². The second kappa shape index (κ2) is 17.2. The molecule has 0 spiro atoms. The van der Waals surface area contributed by atoms with Gasteiger partial charge in [0.15, 0.2) is 5.78 Å². The van der Waals surface area contributed by atoms with Crippen molar-refractivity contribution in [2.75, 3.05) is 0 Å². The smallest absolute Gasteiger partial charge is 0.289 e. The largest absolute Gasteiger partial charge is 0.354 e. The fourth-order valence-electron chi connectivity index (χ4n) is 8.92. The molecule has 298 valence electrons. The Hall–Kier alpha value is -4.03. The molecule has 13 nitrogen and oxygen atoms in total. The maximum absolute atomic E-state index is 15.0. The highest BCUT2D eigenvalue weighted by Crippen LogP contribution is 2.41. The minimum atomic E-state index is -1.04. The van der Waals surface area contributed by atoms with E-state index in [-0.39, 0.29) is 41.3 Å². The van der Waals surface area contributed by atoms with E-state index in [1.54, 1.807) is 18.7 Å². The molecule has 5 amide bonds. The van der Waals surface area contributed by atoms with Crippen molar-refractivity contribution in [3.8, 4) is 0 Å². The van der Waals surface area contributed by atoms with Crippen LogP contribution in [0.5, 0.6) is 0 Å². The van der Waals surface area contributed by atoms with Crippen molar-refractivity contribution in [2.24, 2.45) is 17.3 Å². The van der Waals surface area contributed by atoms with E-state index in [0.29, 0.717) is 36.1 Å². The Balaban J connectivity index is 1.41. The van der Waals surface area contributed by atoms with Gasteiger partial charge in [0, 0.05) is 17.8 Å². The number of carbonyl (C=O) groups excluding carboxylic acids is 7. The highest BCUT2D eigenvalue weighted by molar-refractivity contribution is 6.38. The molecule has 1 saturated heterocycles. The lowest BCUT2D eigenvalue weighted by Crippen LogP contribution is -2.63. The first-order valence-electron chi connectivity index (χ1n) is 20.3. The minimum absolute atomic E-state index is 0.000881. The molecule has 4 aliphatic rings. The zero-order valence-corrected chi connectivity index (χ0v) is 33.3. The number of likely N-dealkylation sites (tertiary alicyclic amines) is 1. The van der Waals surface area contributed by atoms with Gasteiger partial charge in [-0.05, 0) is 95.0 Å². The summed E-state index contributed by atoms with van der Waals surface area (Å²) < 4.78 is 0. The third kappa shape index (κ3) is 9.25. The van der Waals surface area contributed by atoms with Crippen molar-refractivity contribution < 1.29 is 33.6 Å². The molecular weight excluding hydrogens is 688 g/mol. The van der Waals surface area contributed by atoms with Crippen LogP contribution < -0.4 is 21.3 Å². The molecule has 5 rings (SSSR count). The summed E-state index contributed by atoms with van der Waals surface area (Å²) in [5.41, 5.74) is 1.01. The summed E-state index contributed by atoms with van der Waals surface area (Å²) in [7, 11) is 0. The van der Waals surface area contributed by atoms with Crippen LogP contribution >= 0.6 is 0 Å². The van der Waals surface area contributed by atoms with Crippen molar-refractivity contribution in [3.63, 3.8) is 0 Å². The van der Waals surface area contributed by atoms with Crippen LogP contribution in [-0.4, -0.2) is 87.2 Å². The number of nitrogens with zero attached hydrogens (tertiary/aromatic N) is 1. The number of aromatic amines is 1. The Labute approximate surface area is 319 Å². The normalized spacial score (nSPS) is 23.4. The van der Waals surface area contributed by atoms with E-state index in [1.807, 2.05) is 27.7 Å². The third-order valence-electron chi connectivity index (χ3n) is 12.2. The quantitative estimate of drug-likeness (QED) is 0.138. The first-order valence-corrected chi connectivity index (χ1v) is 20.3. The summed E-state index contributed by atoms with van der Waals surface area (Å²) in [5, 5.41) is 11.6. The number of aryl methyl sites for hydroxylation is 1. The molecule has 13 heteroatoms. The number of carbonyl (C=O) groups is 7. The van der Waals surface area contributed by atoms with Crippen LogP contribution in [0.3, 0.4) is 0 Å². The molecule has 1 aromatic heterocycles. The van der Waals surface area contributed by atoms with Gasteiger partial charge in [0.1, 0.15) is 23.8 Å². The van der Waals surface area contributed by atoms with Crippen molar-refractivity contribution in [1.29, 1.82) is 0 Å². The minimum Gasteiger partial charge on any atom is -0.354 e. The topological polar surface area (TPSA) is 187 Å². The maximum atomic E-state index is 15.0.